The normalized spacial score (nSPS) is 19.4. The number of amides is 2. The summed E-state index contributed by atoms with van der Waals surface area (Å²) in [6, 6.07) is -0.479. The van der Waals surface area contributed by atoms with E-state index < -0.39 is 6.04 Å². The first-order valence-corrected chi connectivity index (χ1v) is 7.88. The lowest BCUT2D eigenvalue weighted by molar-refractivity contribution is -0.128. The summed E-state index contributed by atoms with van der Waals surface area (Å²) in [5, 5.41) is 2.78. The molecular weight excluding hydrogens is 321 g/mol. The van der Waals surface area contributed by atoms with E-state index >= 15 is 0 Å². The summed E-state index contributed by atoms with van der Waals surface area (Å²) < 4.78 is 0.481. The summed E-state index contributed by atoms with van der Waals surface area (Å²) in [7, 11) is 0. The Labute approximate surface area is 131 Å². The lowest BCUT2D eigenvalue weighted by Crippen LogP contribution is -2.57. The van der Waals surface area contributed by atoms with Crippen LogP contribution in [0.2, 0.25) is 8.80 Å². The van der Waals surface area contributed by atoms with Crippen molar-refractivity contribution in [2.45, 2.75) is 26.3 Å². The van der Waals surface area contributed by atoms with Crippen molar-refractivity contribution in [3.05, 3.63) is 14.5 Å². The molecule has 0 unspecified atom stereocenters. The Morgan fingerprint density at radius 3 is 2.80 bits per heavy atom. The highest BCUT2D eigenvalue weighted by Gasteiger charge is 2.35. The maximum absolute atomic E-state index is 12.5. The van der Waals surface area contributed by atoms with Crippen LogP contribution in [0, 0.1) is 5.92 Å². The predicted molar refractivity (Wildman–Crippen MR) is 79.4 cm³/mol. The van der Waals surface area contributed by atoms with E-state index in [0.29, 0.717) is 25.4 Å². The molecule has 1 atom stereocenters. The molecule has 1 saturated heterocycles. The standard InChI is InChI=1S/C12H15Cl2N3O2S/c1-6(2)5-7-10(18)15-3-4-17(7)11(19)8-9(13)20-12(14)16-8/h6-7H,3-5H2,1-2H3,(H,15,18)/t7-/m1/s1. The van der Waals surface area contributed by atoms with Gasteiger partial charge in [0.2, 0.25) is 5.91 Å². The monoisotopic (exact) mass is 335 g/mol. The van der Waals surface area contributed by atoms with Crippen LogP contribution in [0.15, 0.2) is 0 Å². The van der Waals surface area contributed by atoms with Crippen molar-refractivity contribution in [2.75, 3.05) is 13.1 Å². The number of piperazine rings is 1. The largest absolute Gasteiger partial charge is 0.353 e. The van der Waals surface area contributed by atoms with Crippen LogP contribution in [0.25, 0.3) is 0 Å². The van der Waals surface area contributed by atoms with Gasteiger partial charge in [0.15, 0.2) is 10.2 Å². The highest BCUT2D eigenvalue weighted by Crippen LogP contribution is 2.29. The average Bonchev–Trinajstić information content (AvgIpc) is 2.70. The van der Waals surface area contributed by atoms with Crippen molar-refractivity contribution in [1.29, 1.82) is 0 Å². The van der Waals surface area contributed by atoms with Gasteiger partial charge in [0.05, 0.1) is 0 Å². The SMILES string of the molecule is CC(C)C[C@@H]1C(=O)NCCN1C(=O)c1nc(Cl)sc1Cl. The van der Waals surface area contributed by atoms with Crippen LogP contribution >= 0.6 is 34.5 Å². The van der Waals surface area contributed by atoms with Crippen molar-refractivity contribution in [2.24, 2.45) is 5.92 Å². The first-order valence-electron chi connectivity index (χ1n) is 6.30. The summed E-state index contributed by atoms with van der Waals surface area (Å²) in [6.45, 7) is 4.91. The molecule has 1 aromatic heterocycles. The number of nitrogens with zero attached hydrogens (tertiary/aromatic N) is 2. The molecule has 1 aromatic rings. The van der Waals surface area contributed by atoms with Gasteiger partial charge in [0, 0.05) is 13.1 Å². The van der Waals surface area contributed by atoms with Crippen LogP contribution in [-0.4, -0.2) is 40.8 Å². The summed E-state index contributed by atoms with van der Waals surface area (Å²) in [4.78, 5) is 30.0. The van der Waals surface area contributed by atoms with Crippen molar-refractivity contribution in [3.8, 4) is 0 Å². The van der Waals surface area contributed by atoms with Crippen molar-refractivity contribution in [1.82, 2.24) is 15.2 Å². The van der Waals surface area contributed by atoms with E-state index in [1.54, 1.807) is 0 Å². The minimum Gasteiger partial charge on any atom is -0.353 e. The van der Waals surface area contributed by atoms with Gasteiger partial charge in [-0.3, -0.25) is 9.59 Å². The van der Waals surface area contributed by atoms with Gasteiger partial charge in [-0.05, 0) is 12.3 Å². The molecule has 0 bridgehead atoms. The highest BCUT2D eigenvalue weighted by atomic mass is 35.5. The topological polar surface area (TPSA) is 62.3 Å². The first kappa shape index (κ1) is 15.5. The number of halogens is 2. The molecule has 8 heteroatoms. The number of rotatable bonds is 3. The van der Waals surface area contributed by atoms with E-state index in [-0.39, 0.29) is 26.3 Å². The van der Waals surface area contributed by atoms with Crippen molar-refractivity contribution in [3.63, 3.8) is 0 Å². The van der Waals surface area contributed by atoms with Gasteiger partial charge in [0.1, 0.15) is 10.4 Å². The van der Waals surface area contributed by atoms with E-state index in [9.17, 15) is 9.59 Å². The molecule has 110 valence electrons. The zero-order chi connectivity index (χ0) is 14.9. The Morgan fingerprint density at radius 2 is 2.25 bits per heavy atom. The number of carbonyl (C=O) groups excluding carboxylic acids is 2. The lowest BCUT2D eigenvalue weighted by atomic mass is 10.00. The quantitative estimate of drug-likeness (QED) is 0.922. The molecule has 1 aliphatic rings. The molecule has 1 fully saturated rings. The minimum absolute atomic E-state index is 0.129. The Bertz CT molecular complexity index is 533. The predicted octanol–water partition coefficient (Wildman–Crippen LogP) is 2.44. The Morgan fingerprint density at radius 1 is 1.55 bits per heavy atom. The van der Waals surface area contributed by atoms with Gasteiger partial charge in [-0.1, -0.05) is 48.4 Å². The first-order chi connectivity index (χ1) is 9.40. The van der Waals surface area contributed by atoms with Crippen LogP contribution in [0.4, 0.5) is 0 Å². The molecule has 5 nitrogen and oxygen atoms in total. The third-order valence-corrected chi connectivity index (χ3v) is 4.41. The summed E-state index contributed by atoms with van der Waals surface area (Å²) in [5.41, 5.74) is 0.130. The Kier molecular flexibility index (Phi) is 4.88. The summed E-state index contributed by atoms with van der Waals surface area (Å²) in [5.74, 6) is -0.164. The number of nitrogens with one attached hydrogen (secondary N) is 1. The minimum atomic E-state index is -0.479. The second kappa shape index (κ2) is 6.28. The molecule has 2 rings (SSSR count). The van der Waals surface area contributed by atoms with Gasteiger partial charge >= 0.3 is 0 Å². The Hall–Kier alpha value is -0.850. The number of carbonyl (C=O) groups is 2. The molecular formula is C12H15Cl2N3O2S. The summed E-state index contributed by atoms with van der Waals surface area (Å²) >= 11 is 12.8. The highest BCUT2D eigenvalue weighted by molar-refractivity contribution is 7.19. The van der Waals surface area contributed by atoms with Crippen molar-refractivity contribution < 1.29 is 9.59 Å². The molecule has 20 heavy (non-hydrogen) atoms. The molecule has 2 amide bonds. The van der Waals surface area contributed by atoms with Gasteiger partial charge in [-0.15, -0.1) is 0 Å². The fourth-order valence-electron chi connectivity index (χ4n) is 2.18. The number of thiazole rings is 1. The second-order valence-electron chi connectivity index (χ2n) is 5.02. The van der Waals surface area contributed by atoms with Gasteiger partial charge in [0.25, 0.3) is 5.91 Å². The molecule has 2 heterocycles. The molecule has 0 aliphatic carbocycles. The van der Waals surface area contributed by atoms with Crippen molar-refractivity contribution >= 4 is 46.4 Å². The van der Waals surface area contributed by atoms with E-state index in [1.165, 1.54) is 4.90 Å². The number of hydrogen-bond donors (Lipinski definition) is 1. The maximum atomic E-state index is 12.5. The van der Waals surface area contributed by atoms with E-state index in [1.807, 2.05) is 13.8 Å². The van der Waals surface area contributed by atoms with Crippen LogP contribution in [-0.2, 0) is 4.79 Å². The lowest BCUT2D eigenvalue weighted by Gasteiger charge is -2.35. The van der Waals surface area contributed by atoms with Crippen LogP contribution in [0.3, 0.4) is 0 Å². The zero-order valence-electron chi connectivity index (χ0n) is 11.2. The third kappa shape index (κ3) is 3.24. The van der Waals surface area contributed by atoms with Crippen LogP contribution < -0.4 is 5.32 Å². The van der Waals surface area contributed by atoms with E-state index in [2.05, 4.69) is 10.3 Å². The van der Waals surface area contributed by atoms with Crippen LogP contribution in [0.5, 0.6) is 0 Å². The zero-order valence-corrected chi connectivity index (χ0v) is 13.5. The molecule has 1 N–H and O–H groups in total. The average molecular weight is 336 g/mol. The second-order valence-corrected chi connectivity index (χ2v) is 7.21. The molecule has 0 saturated carbocycles. The van der Waals surface area contributed by atoms with Gasteiger partial charge in [-0.2, -0.15) is 0 Å². The Balaban J connectivity index is 2.25. The smallest absolute Gasteiger partial charge is 0.275 e. The number of hydrogen-bond acceptors (Lipinski definition) is 4. The third-order valence-electron chi connectivity index (χ3n) is 3.05. The molecule has 0 spiro atoms. The summed E-state index contributed by atoms with van der Waals surface area (Å²) in [6.07, 6.45) is 0.604. The van der Waals surface area contributed by atoms with E-state index in [4.69, 9.17) is 23.2 Å². The molecule has 0 aromatic carbocycles. The van der Waals surface area contributed by atoms with Gasteiger partial charge < -0.3 is 10.2 Å². The fourth-order valence-corrected chi connectivity index (χ4v) is 3.47. The maximum Gasteiger partial charge on any atom is 0.275 e. The van der Waals surface area contributed by atoms with Crippen LogP contribution in [0.1, 0.15) is 30.8 Å². The van der Waals surface area contributed by atoms with Gasteiger partial charge in [-0.25, -0.2) is 4.98 Å². The number of aromatic nitrogens is 1. The fraction of sp³-hybridized carbons (Fsp3) is 0.583. The molecule has 1 aliphatic heterocycles. The molecule has 0 radical (unpaired) electrons. The van der Waals surface area contributed by atoms with E-state index in [0.717, 1.165) is 11.3 Å².